The van der Waals surface area contributed by atoms with Crippen LogP contribution in [0.5, 0.6) is 0 Å². The van der Waals surface area contributed by atoms with Gasteiger partial charge in [-0.05, 0) is 31.7 Å². The van der Waals surface area contributed by atoms with Gasteiger partial charge in [0.15, 0.2) is 0 Å². The second kappa shape index (κ2) is 7.11. The first-order chi connectivity index (χ1) is 10.0. The molecule has 0 saturated carbocycles. The molecule has 0 aromatic heterocycles. The summed E-state index contributed by atoms with van der Waals surface area (Å²) in [4.78, 5) is 16.9. The van der Waals surface area contributed by atoms with Crippen molar-refractivity contribution in [1.82, 2.24) is 9.80 Å². The van der Waals surface area contributed by atoms with Gasteiger partial charge in [-0.3, -0.25) is 9.69 Å². The summed E-state index contributed by atoms with van der Waals surface area (Å²) in [6.07, 6.45) is 0. The first-order valence-electron chi connectivity index (χ1n) is 7.33. The number of hydrogen-bond donors (Lipinski definition) is 2. The normalized spacial score (nSPS) is 18.4. The minimum atomic E-state index is -0.178. The zero-order valence-electron chi connectivity index (χ0n) is 12.6. The number of likely N-dealkylation sites (N-methyl/N-ethyl adjacent to an activating group) is 1. The molecule has 0 aliphatic carbocycles. The van der Waals surface area contributed by atoms with Crippen LogP contribution in [0.3, 0.4) is 0 Å². The first kappa shape index (κ1) is 16.1. The minimum absolute atomic E-state index is 0.0473. The van der Waals surface area contributed by atoms with Crippen LogP contribution in [0.4, 0.5) is 11.4 Å². The molecule has 2 rings (SSSR count). The lowest BCUT2D eigenvalue weighted by Gasteiger charge is -2.36. The Morgan fingerprint density at radius 3 is 2.67 bits per heavy atom. The molecule has 0 spiro atoms. The number of nitrogens with one attached hydrogen (secondary N) is 1. The molecule has 6 heteroatoms. The zero-order valence-corrected chi connectivity index (χ0v) is 13.4. The van der Waals surface area contributed by atoms with E-state index in [0.717, 1.165) is 32.7 Å². The summed E-state index contributed by atoms with van der Waals surface area (Å²) >= 11 is 5.94. The number of nitrogen functional groups attached to an aromatic ring is 1. The van der Waals surface area contributed by atoms with Crippen LogP contribution in [0.1, 0.15) is 13.8 Å². The molecular formula is C15H23ClN4O. The highest BCUT2D eigenvalue weighted by Crippen LogP contribution is 2.23. The fourth-order valence-electron chi connectivity index (χ4n) is 2.51. The van der Waals surface area contributed by atoms with Crippen LogP contribution < -0.4 is 11.1 Å². The van der Waals surface area contributed by atoms with E-state index in [-0.39, 0.29) is 11.9 Å². The predicted molar refractivity (Wildman–Crippen MR) is 87.6 cm³/mol. The molecule has 1 aliphatic heterocycles. The molecule has 21 heavy (non-hydrogen) atoms. The number of nitrogens with two attached hydrogens (primary N) is 1. The van der Waals surface area contributed by atoms with Gasteiger partial charge in [0, 0.05) is 31.2 Å². The maximum absolute atomic E-state index is 12.4. The minimum Gasteiger partial charge on any atom is -0.397 e. The third-order valence-corrected chi connectivity index (χ3v) is 4.29. The molecule has 5 nitrogen and oxygen atoms in total. The maximum Gasteiger partial charge on any atom is 0.241 e. The third-order valence-electron chi connectivity index (χ3n) is 4.05. The van der Waals surface area contributed by atoms with Crippen molar-refractivity contribution in [3.63, 3.8) is 0 Å². The van der Waals surface area contributed by atoms with Crippen molar-refractivity contribution in [3.05, 3.63) is 23.2 Å². The molecule has 3 N–H and O–H groups in total. The average Bonchev–Trinajstić information content (AvgIpc) is 2.50. The fourth-order valence-corrected chi connectivity index (χ4v) is 2.68. The van der Waals surface area contributed by atoms with Crippen LogP contribution >= 0.6 is 11.6 Å². The quantitative estimate of drug-likeness (QED) is 0.834. The van der Waals surface area contributed by atoms with E-state index in [1.165, 1.54) is 0 Å². The molecule has 116 valence electrons. The van der Waals surface area contributed by atoms with Crippen LogP contribution in [-0.2, 0) is 4.79 Å². The number of piperazine rings is 1. The van der Waals surface area contributed by atoms with Gasteiger partial charge in [-0.1, -0.05) is 18.5 Å². The summed E-state index contributed by atoms with van der Waals surface area (Å²) in [7, 11) is 0. The molecule has 1 heterocycles. The van der Waals surface area contributed by atoms with E-state index in [4.69, 9.17) is 17.3 Å². The van der Waals surface area contributed by atoms with Crippen molar-refractivity contribution in [2.75, 3.05) is 43.8 Å². The molecule has 1 saturated heterocycles. The highest BCUT2D eigenvalue weighted by atomic mass is 35.5. The Bertz CT molecular complexity index is 500. The highest BCUT2D eigenvalue weighted by molar-refractivity contribution is 6.31. The Labute approximate surface area is 131 Å². The van der Waals surface area contributed by atoms with Gasteiger partial charge in [0.25, 0.3) is 0 Å². The van der Waals surface area contributed by atoms with Gasteiger partial charge >= 0.3 is 0 Å². The summed E-state index contributed by atoms with van der Waals surface area (Å²) < 4.78 is 0. The molecule has 0 bridgehead atoms. The topological polar surface area (TPSA) is 61.6 Å². The van der Waals surface area contributed by atoms with Crippen molar-refractivity contribution in [1.29, 1.82) is 0 Å². The predicted octanol–water partition coefficient (Wildman–Crippen LogP) is 1.89. The van der Waals surface area contributed by atoms with E-state index in [2.05, 4.69) is 22.0 Å². The Hall–Kier alpha value is -1.30. The zero-order chi connectivity index (χ0) is 15.4. The average molecular weight is 311 g/mol. The van der Waals surface area contributed by atoms with Crippen molar-refractivity contribution in [2.24, 2.45) is 0 Å². The molecule has 1 aromatic rings. The molecule has 1 amide bonds. The number of benzene rings is 1. The van der Waals surface area contributed by atoms with Crippen LogP contribution in [0.15, 0.2) is 18.2 Å². The molecule has 0 radical (unpaired) electrons. The summed E-state index contributed by atoms with van der Waals surface area (Å²) in [5, 5.41) is 3.43. The van der Waals surface area contributed by atoms with Crippen molar-refractivity contribution < 1.29 is 4.79 Å². The van der Waals surface area contributed by atoms with Crippen molar-refractivity contribution >= 4 is 28.9 Å². The number of carbonyl (C=O) groups excluding carboxylic acids is 1. The van der Waals surface area contributed by atoms with E-state index in [1.807, 2.05) is 6.92 Å². The summed E-state index contributed by atoms with van der Waals surface area (Å²) in [6, 6.07) is 4.90. The van der Waals surface area contributed by atoms with Crippen molar-refractivity contribution in [3.8, 4) is 0 Å². The van der Waals surface area contributed by atoms with Gasteiger partial charge in [-0.25, -0.2) is 0 Å². The SMILES string of the molecule is CCN1CCN(C(C)C(=O)Nc2cc(Cl)ccc2N)CC1. The second-order valence-corrected chi connectivity index (χ2v) is 5.80. The number of anilines is 2. The number of nitrogens with zero attached hydrogens (tertiary/aromatic N) is 2. The van der Waals surface area contributed by atoms with Crippen LogP contribution in [0, 0.1) is 0 Å². The van der Waals surface area contributed by atoms with Crippen molar-refractivity contribution in [2.45, 2.75) is 19.9 Å². The lowest BCUT2D eigenvalue weighted by Crippen LogP contribution is -2.52. The van der Waals surface area contributed by atoms with Gasteiger partial charge in [-0.15, -0.1) is 0 Å². The van der Waals surface area contributed by atoms with Gasteiger partial charge < -0.3 is 16.0 Å². The molecule has 1 unspecified atom stereocenters. The number of hydrogen-bond acceptors (Lipinski definition) is 4. The molecule has 1 atom stereocenters. The lowest BCUT2D eigenvalue weighted by atomic mass is 10.2. The Morgan fingerprint density at radius 1 is 1.38 bits per heavy atom. The Balaban J connectivity index is 1.95. The molecule has 1 aromatic carbocycles. The summed E-state index contributed by atoms with van der Waals surface area (Å²) in [6.45, 7) is 8.99. The smallest absolute Gasteiger partial charge is 0.241 e. The molecule has 1 aliphatic rings. The highest BCUT2D eigenvalue weighted by Gasteiger charge is 2.25. The van der Waals surface area contributed by atoms with Crippen LogP contribution in [-0.4, -0.2) is 54.5 Å². The molecule has 1 fully saturated rings. The number of rotatable bonds is 4. The van der Waals surface area contributed by atoms with E-state index < -0.39 is 0 Å². The maximum atomic E-state index is 12.4. The Morgan fingerprint density at radius 2 is 2.05 bits per heavy atom. The second-order valence-electron chi connectivity index (χ2n) is 5.37. The van der Waals surface area contributed by atoms with Crippen LogP contribution in [0.25, 0.3) is 0 Å². The summed E-state index contributed by atoms with van der Waals surface area (Å²) in [5.74, 6) is -0.0473. The lowest BCUT2D eigenvalue weighted by molar-refractivity contribution is -0.121. The van der Waals surface area contributed by atoms with Gasteiger partial charge in [0.1, 0.15) is 0 Å². The third kappa shape index (κ3) is 4.09. The monoisotopic (exact) mass is 310 g/mol. The largest absolute Gasteiger partial charge is 0.397 e. The first-order valence-corrected chi connectivity index (χ1v) is 7.71. The fraction of sp³-hybridized carbons (Fsp3) is 0.533. The standard InChI is InChI=1S/C15H23ClN4O/c1-3-19-6-8-20(9-7-19)11(2)15(21)18-14-10-12(16)4-5-13(14)17/h4-5,10-11H,3,6-9,17H2,1-2H3,(H,18,21). The summed E-state index contributed by atoms with van der Waals surface area (Å²) in [5.41, 5.74) is 6.96. The number of amides is 1. The van der Waals surface area contributed by atoms with E-state index in [9.17, 15) is 4.79 Å². The Kier molecular flexibility index (Phi) is 5.45. The molecular weight excluding hydrogens is 288 g/mol. The number of carbonyl (C=O) groups is 1. The van der Waals surface area contributed by atoms with E-state index >= 15 is 0 Å². The van der Waals surface area contributed by atoms with Gasteiger partial charge in [0.2, 0.25) is 5.91 Å². The van der Waals surface area contributed by atoms with Gasteiger partial charge in [-0.2, -0.15) is 0 Å². The van der Waals surface area contributed by atoms with E-state index in [0.29, 0.717) is 16.4 Å². The van der Waals surface area contributed by atoms with Gasteiger partial charge in [0.05, 0.1) is 17.4 Å². The van der Waals surface area contributed by atoms with Crippen LogP contribution in [0.2, 0.25) is 5.02 Å². The van der Waals surface area contributed by atoms with E-state index in [1.54, 1.807) is 18.2 Å². The number of halogens is 1.